The minimum atomic E-state index is -2.37. The Morgan fingerprint density at radius 2 is 1.40 bits per heavy atom. The van der Waals surface area contributed by atoms with Gasteiger partial charge in [-0.15, -0.1) is 0 Å². The van der Waals surface area contributed by atoms with Crippen molar-refractivity contribution in [3.05, 3.63) is 128 Å². The molecule has 4 aromatic rings. The summed E-state index contributed by atoms with van der Waals surface area (Å²) in [4.78, 5) is 27.9. The summed E-state index contributed by atoms with van der Waals surface area (Å²) in [5.74, 6) is 1.43. The molecule has 1 N–H and O–H groups in total. The van der Waals surface area contributed by atoms with Gasteiger partial charge in [0.1, 0.15) is 35.5 Å². The lowest BCUT2D eigenvalue weighted by molar-refractivity contribution is -0.159. The Morgan fingerprint density at radius 1 is 0.860 bits per heavy atom. The van der Waals surface area contributed by atoms with Crippen LogP contribution < -0.4 is 20.7 Å². The van der Waals surface area contributed by atoms with Crippen LogP contribution in [0.1, 0.15) is 55.7 Å². The van der Waals surface area contributed by atoms with Gasteiger partial charge in [0, 0.05) is 25.3 Å². The summed E-state index contributed by atoms with van der Waals surface area (Å²) in [6.07, 6.45) is -0.603. The van der Waals surface area contributed by atoms with Crippen molar-refractivity contribution in [2.24, 2.45) is 0 Å². The Labute approximate surface area is 295 Å². The minimum absolute atomic E-state index is 0.0986. The molecule has 10 nitrogen and oxygen atoms in total. The fourth-order valence-corrected chi connectivity index (χ4v) is 7.59. The average molecular weight is 703 g/mol. The van der Waals surface area contributed by atoms with Gasteiger partial charge in [-0.05, 0) is 66.0 Å². The second kappa shape index (κ2) is 15.1. The van der Waals surface area contributed by atoms with Crippen LogP contribution in [0.5, 0.6) is 11.5 Å². The van der Waals surface area contributed by atoms with E-state index in [2.05, 4.69) is 38.8 Å². The zero-order valence-corrected chi connectivity index (χ0v) is 31.5. The van der Waals surface area contributed by atoms with Crippen LogP contribution in [0.2, 0.25) is 18.1 Å². The lowest BCUT2D eigenvalue weighted by atomic mass is 9.79. The first-order valence-electron chi connectivity index (χ1n) is 16.9. The van der Waals surface area contributed by atoms with Crippen molar-refractivity contribution in [3.8, 4) is 11.5 Å². The van der Waals surface area contributed by atoms with Crippen LogP contribution in [0, 0.1) is 6.92 Å². The molecule has 50 heavy (non-hydrogen) atoms. The van der Waals surface area contributed by atoms with Crippen molar-refractivity contribution < 1.29 is 28.1 Å². The van der Waals surface area contributed by atoms with Gasteiger partial charge in [-0.2, -0.15) is 0 Å². The van der Waals surface area contributed by atoms with Gasteiger partial charge in [0.15, 0.2) is 8.32 Å². The second-order valence-corrected chi connectivity index (χ2v) is 19.1. The normalized spacial score (nSPS) is 18.9. The molecule has 1 saturated heterocycles. The number of rotatable bonds is 13. The summed E-state index contributed by atoms with van der Waals surface area (Å²) >= 11 is 0. The van der Waals surface area contributed by atoms with E-state index in [0.717, 1.165) is 16.7 Å². The number of methoxy groups -OCH3 is 3. The molecule has 0 radical (unpaired) electrons. The van der Waals surface area contributed by atoms with Gasteiger partial charge >= 0.3 is 5.69 Å². The molecule has 3 aromatic carbocycles. The average Bonchev–Trinajstić information content (AvgIpc) is 3.51. The molecule has 1 aliphatic heterocycles. The van der Waals surface area contributed by atoms with E-state index >= 15 is 0 Å². The van der Waals surface area contributed by atoms with Crippen molar-refractivity contribution in [1.29, 1.82) is 0 Å². The molecule has 0 saturated carbocycles. The first-order chi connectivity index (χ1) is 23.7. The molecule has 0 aliphatic carbocycles. The summed E-state index contributed by atoms with van der Waals surface area (Å²) in [6, 6.07) is 25.7. The third-order valence-corrected chi connectivity index (χ3v) is 14.5. The van der Waals surface area contributed by atoms with Crippen molar-refractivity contribution in [3.63, 3.8) is 0 Å². The molecule has 0 spiro atoms. The summed E-state index contributed by atoms with van der Waals surface area (Å²) < 4.78 is 39.8. The predicted molar refractivity (Wildman–Crippen MR) is 196 cm³/mol. The number of ether oxygens (including phenoxy) is 5. The Morgan fingerprint density at radius 3 is 1.90 bits per heavy atom. The molecule has 0 bridgehead atoms. The topological polar surface area (TPSA) is 110 Å². The second-order valence-electron chi connectivity index (χ2n) is 14.3. The standard InChI is InChI=1S/C39H50N2O8Si/c1-26-24-41(37(43)40-36(26)42)34-23-32(49-50(8,9)38(2,3)4)35(47-34)33(25-44-5)48-39(27-13-11-10-12-14-27,28-15-19-30(45-6)20-16-28)29-17-21-31(46-7)22-18-29/h10-22,24,32-35H,23,25H2,1-9H3,(H,40,42,43)/t32-,33-,34+,35-/m0/s1. The number of hydrogen-bond acceptors (Lipinski definition) is 8. The molecule has 2 heterocycles. The van der Waals surface area contributed by atoms with Crippen LogP contribution >= 0.6 is 0 Å². The largest absolute Gasteiger partial charge is 0.497 e. The number of aromatic nitrogens is 2. The number of hydrogen-bond donors (Lipinski definition) is 1. The maximum Gasteiger partial charge on any atom is 0.330 e. The number of nitrogens with zero attached hydrogens (tertiary/aromatic N) is 1. The minimum Gasteiger partial charge on any atom is -0.497 e. The number of H-pyrrole nitrogens is 1. The first kappa shape index (κ1) is 37.3. The van der Waals surface area contributed by atoms with Crippen LogP contribution in [0.15, 0.2) is 94.6 Å². The van der Waals surface area contributed by atoms with E-state index in [1.165, 1.54) is 4.57 Å². The van der Waals surface area contributed by atoms with Gasteiger partial charge in [0.05, 0.1) is 26.9 Å². The maximum atomic E-state index is 13.1. The highest BCUT2D eigenvalue weighted by Crippen LogP contribution is 2.46. The third-order valence-electron chi connectivity index (χ3n) is 10.0. The van der Waals surface area contributed by atoms with Crippen LogP contribution in [0.3, 0.4) is 0 Å². The molecule has 1 aromatic heterocycles. The highest BCUT2D eigenvalue weighted by Gasteiger charge is 2.51. The molecule has 0 unspecified atom stereocenters. The monoisotopic (exact) mass is 702 g/mol. The quantitative estimate of drug-likeness (QED) is 0.123. The summed E-state index contributed by atoms with van der Waals surface area (Å²) in [5.41, 5.74) is 0.890. The number of nitrogens with one attached hydrogen (secondary N) is 1. The molecule has 0 amide bonds. The zero-order valence-electron chi connectivity index (χ0n) is 30.5. The van der Waals surface area contributed by atoms with E-state index in [9.17, 15) is 9.59 Å². The van der Waals surface area contributed by atoms with Gasteiger partial charge in [0.25, 0.3) is 5.56 Å². The zero-order chi connectivity index (χ0) is 36.3. The first-order valence-corrected chi connectivity index (χ1v) is 19.8. The molecule has 1 aliphatic rings. The Hall–Kier alpha value is -4.00. The molecule has 268 valence electrons. The third kappa shape index (κ3) is 7.52. The van der Waals surface area contributed by atoms with Gasteiger partial charge in [-0.3, -0.25) is 14.3 Å². The molecular weight excluding hydrogens is 653 g/mol. The summed E-state index contributed by atoms with van der Waals surface area (Å²) in [5, 5.41) is -0.0986. The van der Waals surface area contributed by atoms with Crippen LogP contribution in [0.4, 0.5) is 0 Å². The Bertz CT molecular complexity index is 1780. The summed E-state index contributed by atoms with van der Waals surface area (Å²) in [7, 11) is 2.54. The molecular formula is C39H50N2O8Si. The van der Waals surface area contributed by atoms with Gasteiger partial charge in [-0.25, -0.2) is 4.79 Å². The van der Waals surface area contributed by atoms with E-state index in [4.69, 9.17) is 28.1 Å². The van der Waals surface area contributed by atoms with E-state index in [0.29, 0.717) is 23.5 Å². The lowest BCUT2D eigenvalue weighted by Crippen LogP contribution is -2.51. The lowest BCUT2D eigenvalue weighted by Gasteiger charge is -2.43. The Balaban J connectivity index is 1.70. The molecule has 4 atom stereocenters. The molecule has 11 heteroatoms. The smallest absolute Gasteiger partial charge is 0.330 e. The van der Waals surface area contributed by atoms with Crippen molar-refractivity contribution in [2.75, 3.05) is 27.9 Å². The van der Waals surface area contributed by atoms with Crippen LogP contribution in [-0.2, 0) is 24.2 Å². The number of aryl methyl sites for hydroxylation is 1. The van der Waals surface area contributed by atoms with Crippen molar-refractivity contribution in [2.45, 2.75) is 82.4 Å². The maximum absolute atomic E-state index is 13.1. The Kier molecular flexibility index (Phi) is 11.2. The number of benzene rings is 3. The van der Waals surface area contributed by atoms with Crippen LogP contribution in [-0.4, -0.2) is 64.1 Å². The van der Waals surface area contributed by atoms with Crippen LogP contribution in [0.25, 0.3) is 0 Å². The van der Waals surface area contributed by atoms with Crippen molar-refractivity contribution in [1.82, 2.24) is 9.55 Å². The predicted octanol–water partition coefficient (Wildman–Crippen LogP) is 6.56. The fraction of sp³-hybridized carbons (Fsp3) is 0.436. The highest BCUT2D eigenvalue weighted by molar-refractivity contribution is 6.74. The highest BCUT2D eigenvalue weighted by atomic mass is 28.4. The molecule has 5 rings (SSSR count). The van der Waals surface area contributed by atoms with E-state index in [1.807, 2.05) is 78.9 Å². The van der Waals surface area contributed by atoms with E-state index in [-0.39, 0.29) is 11.6 Å². The van der Waals surface area contributed by atoms with Gasteiger partial charge < -0.3 is 28.1 Å². The van der Waals surface area contributed by atoms with E-state index < -0.39 is 49.7 Å². The van der Waals surface area contributed by atoms with Crippen molar-refractivity contribution >= 4 is 8.32 Å². The summed E-state index contributed by atoms with van der Waals surface area (Å²) in [6.45, 7) is 12.8. The molecule has 1 fully saturated rings. The van der Waals surface area contributed by atoms with Gasteiger partial charge in [-0.1, -0.05) is 75.4 Å². The van der Waals surface area contributed by atoms with Gasteiger partial charge in [0.2, 0.25) is 0 Å². The van der Waals surface area contributed by atoms with E-state index in [1.54, 1.807) is 34.4 Å². The number of aromatic amines is 1. The fourth-order valence-electron chi connectivity index (χ4n) is 6.25. The SMILES string of the molecule is COC[C@H](OC(c1ccccc1)(c1ccc(OC)cc1)c1ccc(OC)cc1)[C@H]1O[C@@H](n2cc(C)c(=O)[nH]c2=O)C[C@@H]1O[Si](C)(C)C(C)(C)C.